The Labute approximate surface area is 137 Å². The molecule has 1 aromatic heterocycles. The van der Waals surface area contributed by atoms with Gasteiger partial charge in [0.15, 0.2) is 0 Å². The van der Waals surface area contributed by atoms with Gasteiger partial charge in [0.05, 0.1) is 5.52 Å². The molecule has 0 N–H and O–H groups in total. The molecule has 0 saturated carbocycles. The lowest BCUT2D eigenvalue weighted by Crippen LogP contribution is -1.96. The highest BCUT2D eigenvalue weighted by Crippen LogP contribution is 2.31. The van der Waals surface area contributed by atoms with E-state index in [0.717, 1.165) is 32.6 Å². The molecule has 3 heteroatoms. The van der Waals surface area contributed by atoms with E-state index >= 15 is 0 Å². The number of rotatable bonds is 2. The SMILES string of the molecule is Brc1cccc2c1nc(-c1ccccc1)n2-c1ccccc1. The van der Waals surface area contributed by atoms with E-state index in [-0.39, 0.29) is 0 Å². The van der Waals surface area contributed by atoms with Crippen molar-refractivity contribution in [2.45, 2.75) is 0 Å². The molecule has 0 bridgehead atoms. The summed E-state index contributed by atoms with van der Waals surface area (Å²) in [6.07, 6.45) is 0. The van der Waals surface area contributed by atoms with Gasteiger partial charge in [-0.25, -0.2) is 4.98 Å². The van der Waals surface area contributed by atoms with Crippen LogP contribution in [0.3, 0.4) is 0 Å². The van der Waals surface area contributed by atoms with Crippen LogP contribution in [0, 0.1) is 0 Å². The van der Waals surface area contributed by atoms with E-state index in [1.54, 1.807) is 0 Å². The van der Waals surface area contributed by atoms with Crippen LogP contribution in [0.1, 0.15) is 0 Å². The van der Waals surface area contributed by atoms with Crippen LogP contribution in [0.15, 0.2) is 83.3 Å². The Morgan fingerprint density at radius 2 is 1.41 bits per heavy atom. The molecule has 0 atom stereocenters. The summed E-state index contributed by atoms with van der Waals surface area (Å²) < 4.78 is 3.21. The largest absolute Gasteiger partial charge is 0.292 e. The number of fused-ring (bicyclic) bond motifs is 1. The minimum Gasteiger partial charge on any atom is -0.292 e. The van der Waals surface area contributed by atoms with Crippen LogP contribution in [0.4, 0.5) is 0 Å². The summed E-state index contributed by atoms with van der Waals surface area (Å²) in [7, 11) is 0. The number of hydrogen-bond donors (Lipinski definition) is 0. The van der Waals surface area contributed by atoms with Crippen LogP contribution in [0.25, 0.3) is 28.1 Å². The molecule has 0 aliphatic heterocycles. The van der Waals surface area contributed by atoms with Gasteiger partial charge in [-0.2, -0.15) is 0 Å². The minimum absolute atomic E-state index is 0.953. The molecule has 0 unspecified atom stereocenters. The second-order valence-corrected chi connectivity index (χ2v) is 5.93. The number of nitrogens with zero attached hydrogens (tertiary/aromatic N) is 2. The fourth-order valence-electron chi connectivity index (χ4n) is 2.68. The Hall–Kier alpha value is -2.39. The van der Waals surface area contributed by atoms with Gasteiger partial charge in [-0.3, -0.25) is 4.57 Å². The molecule has 1 heterocycles. The van der Waals surface area contributed by atoms with Gasteiger partial charge in [0.1, 0.15) is 11.3 Å². The van der Waals surface area contributed by atoms with E-state index in [2.05, 4.69) is 50.8 Å². The van der Waals surface area contributed by atoms with E-state index in [1.807, 2.05) is 48.5 Å². The maximum absolute atomic E-state index is 4.87. The van der Waals surface area contributed by atoms with Gasteiger partial charge in [-0.05, 0) is 40.2 Å². The summed E-state index contributed by atoms with van der Waals surface area (Å²) in [4.78, 5) is 4.87. The van der Waals surface area contributed by atoms with Crippen LogP contribution in [-0.2, 0) is 0 Å². The van der Waals surface area contributed by atoms with Gasteiger partial charge in [0, 0.05) is 15.7 Å². The summed E-state index contributed by atoms with van der Waals surface area (Å²) in [6.45, 7) is 0. The van der Waals surface area contributed by atoms with E-state index in [9.17, 15) is 0 Å². The molecular weight excluding hydrogens is 336 g/mol. The monoisotopic (exact) mass is 348 g/mol. The Morgan fingerprint density at radius 3 is 2.14 bits per heavy atom. The first-order valence-electron chi connectivity index (χ1n) is 7.12. The van der Waals surface area contributed by atoms with Gasteiger partial charge >= 0.3 is 0 Å². The molecule has 4 aromatic rings. The zero-order chi connectivity index (χ0) is 14.9. The van der Waals surface area contributed by atoms with Gasteiger partial charge in [0.2, 0.25) is 0 Å². The highest BCUT2D eigenvalue weighted by atomic mass is 79.9. The first-order chi connectivity index (χ1) is 10.8. The molecule has 0 fully saturated rings. The Kier molecular flexibility index (Phi) is 3.28. The van der Waals surface area contributed by atoms with Gasteiger partial charge in [-0.15, -0.1) is 0 Å². The highest BCUT2D eigenvalue weighted by molar-refractivity contribution is 9.10. The quantitative estimate of drug-likeness (QED) is 0.470. The molecule has 0 aliphatic carbocycles. The van der Waals surface area contributed by atoms with Crippen molar-refractivity contribution in [3.05, 3.63) is 83.3 Å². The molecule has 4 rings (SSSR count). The minimum atomic E-state index is 0.953. The van der Waals surface area contributed by atoms with Crippen molar-refractivity contribution >= 4 is 27.0 Å². The number of para-hydroxylation sites is 2. The molecule has 0 amide bonds. The third-order valence-electron chi connectivity index (χ3n) is 3.68. The zero-order valence-electron chi connectivity index (χ0n) is 11.8. The summed E-state index contributed by atoms with van der Waals surface area (Å²) in [5.74, 6) is 0.953. The topological polar surface area (TPSA) is 17.8 Å². The molecule has 0 aliphatic rings. The summed E-state index contributed by atoms with van der Waals surface area (Å²) in [5, 5.41) is 0. The first-order valence-corrected chi connectivity index (χ1v) is 7.92. The van der Waals surface area contributed by atoms with E-state index in [1.165, 1.54) is 0 Å². The smallest absolute Gasteiger partial charge is 0.145 e. The van der Waals surface area contributed by atoms with Crippen molar-refractivity contribution < 1.29 is 0 Å². The molecule has 106 valence electrons. The van der Waals surface area contributed by atoms with Crippen molar-refractivity contribution in [3.8, 4) is 17.1 Å². The van der Waals surface area contributed by atoms with Crippen LogP contribution in [-0.4, -0.2) is 9.55 Å². The van der Waals surface area contributed by atoms with Gasteiger partial charge < -0.3 is 0 Å². The fraction of sp³-hybridized carbons (Fsp3) is 0. The number of benzene rings is 3. The lowest BCUT2D eigenvalue weighted by atomic mass is 10.2. The van der Waals surface area contributed by atoms with Crippen LogP contribution in [0.5, 0.6) is 0 Å². The first kappa shape index (κ1) is 13.3. The van der Waals surface area contributed by atoms with Gasteiger partial charge in [-0.1, -0.05) is 54.6 Å². The number of hydrogen-bond acceptors (Lipinski definition) is 1. The number of halogens is 1. The number of imidazole rings is 1. The predicted octanol–water partition coefficient (Wildman–Crippen LogP) is 5.46. The van der Waals surface area contributed by atoms with E-state index in [0.29, 0.717) is 0 Å². The van der Waals surface area contributed by atoms with Crippen LogP contribution < -0.4 is 0 Å². The lowest BCUT2D eigenvalue weighted by molar-refractivity contribution is 1.10. The third kappa shape index (κ3) is 2.14. The van der Waals surface area contributed by atoms with Gasteiger partial charge in [0.25, 0.3) is 0 Å². The summed E-state index contributed by atoms with van der Waals surface area (Å²) in [6, 6.07) is 26.8. The van der Waals surface area contributed by atoms with Crippen molar-refractivity contribution in [1.82, 2.24) is 9.55 Å². The maximum Gasteiger partial charge on any atom is 0.145 e. The molecule has 3 aromatic carbocycles. The summed E-state index contributed by atoms with van der Waals surface area (Å²) >= 11 is 3.61. The molecule has 0 saturated heterocycles. The molecule has 0 radical (unpaired) electrons. The second kappa shape index (κ2) is 5.43. The number of aromatic nitrogens is 2. The Balaban J connectivity index is 2.10. The predicted molar refractivity (Wildman–Crippen MR) is 94.2 cm³/mol. The average Bonchev–Trinajstić information content (AvgIpc) is 2.97. The lowest BCUT2D eigenvalue weighted by Gasteiger charge is -2.09. The van der Waals surface area contributed by atoms with Crippen LogP contribution in [0.2, 0.25) is 0 Å². The van der Waals surface area contributed by atoms with E-state index < -0.39 is 0 Å². The second-order valence-electron chi connectivity index (χ2n) is 5.08. The average molecular weight is 349 g/mol. The fourth-order valence-corrected chi connectivity index (χ4v) is 3.13. The molecular formula is C19H13BrN2. The molecule has 0 spiro atoms. The molecule has 22 heavy (non-hydrogen) atoms. The van der Waals surface area contributed by atoms with E-state index in [4.69, 9.17) is 4.98 Å². The Bertz CT molecular complexity index is 928. The zero-order valence-corrected chi connectivity index (χ0v) is 13.4. The van der Waals surface area contributed by atoms with Crippen molar-refractivity contribution in [2.75, 3.05) is 0 Å². The van der Waals surface area contributed by atoms with Crippen molar-refractivity contribution in [1.29, 1.82) is 0 Å². The third-order valence-corrected chi connectivity index (χ3v) is 4.32. The molecule has 2 nitrogen and oxygen atoms in total. The summed E-state index contributed by atoms with van der Waals surface area (Å²) in [5.41, 5.74) is 4.29. The highest BCUT2D eigenvalue weighted by Gasteiger charge is 2.15. The van der Waals surface area contributed by atoms with Crippen molar-refractivity contribution in [2.24, 2.45) is 0 Å². The maximum atomic E-state index is 4.87. The van der Waals surface area contributed by atoms with Crippen molar-refractivity contribution in [3.63, 3.8) is 0 Å². The normalized spacial score (nSPS) is 11.0. The Morgan fingerprint density at radius 1 is 0.727 bits per heavy atom. The standard InChI is InChI=1S/C19H13BrN2/c20-16-12-7-13-17-18(16)21-19(14-8-3-1-4-9-14)22(17)15-10-5-2-6-11-15/h1-13H. The van der Waals surface area contributed by atoms with Crippen LogP contribution >= 0.6 is 15.9 Å².